The van der Waals surface area contributed by atoms with Crippen LogP contribution in [-0.2, 0) is 0 Å². The van der Waals surface area contributed by atoms with Crippen LogP contribution in [0, 0.1) is 0 Å². The average Bonchev–Trinajstić information content (AvgIpc) is 2.70. The number of nitrogens with zero attached hydrogens (tertiary/aromatic N) is 3. The molecule has 1 heterocycles. The van der Waals surface area contributed by atoms with Gasteiger partial charge in [0, 0.05) is 31.0 Å². The molecule has 138 valence electrons. The van der Waals surface area contributed by atoms with Gasteiger partial charge >= 0.3 is 0 Å². The molecule has 0 atom stereocenters. The van der Waals surface area contributed by atoms with E-state index in [0.717, 1.165) is 11.4 Å². The Morgan fingerprint density at radius 2 is 1.67 bits per heavy atom. The van der Waals surface area contributed by atoms with E-state index < -0.39 is 0 Å². The SMILES string of the molecule is COc1cccc(C(=O)Nc2ccc(Nc3ccc(N(C)C)cc3)nn2)c1. The van der Waals surface area contributed by atoms with Crippen molar-refractivity contribution >= 4 is 28.9 Å². The van der Waals surface area contributed by atoms with Gasteiger partial charge in [0.25, 0.3) is 5.91 Å². The van der Waals surface area contributed by atoms with E-state index in [2.05, 4.69) is 20.8 Å². The summed E-state index contributed by atoms with van der Waals surface area (Å²) in [5.74, 6) is 1.31. The predicted molar refractivity (Wildman–Crippen MR) is 107 cm³/mol. The first-order valence-electron chi connectivity index (χ1n) is 8.39. The fourth-order valence-corrected chi connectivity index (χ4v) is 2.41. The molecule has 7 nitrogen and oxygen atoms in total. The average molecular weight is 363 g/mol. The van der Waals surface area contributed by atoms with E-state index in [0.29, 0.717) is 22.9 Å². The Kier molecular flexibility index (Phi) is 5.51. The third-order valence-corrected chi connectivity index (χ3v) is 3.89. The molecule has 1 amide bonds. The lowest BCUT2D eigenvalue weighted by Gasteiger charge is -2.13. The van der Waals surface area contributed by atoms with E-state index in [4.69, 9.17) is 4.74 Å². The second kappa shape index (κ2) is 8.18. The molecule has 0 fully saturated rings. The maximum atomic E-state index is 12.3. The topological polar surface area (TPSA) is 79.4 Å². The highest BCUT2D eigenvalue weighted by atomic mass is 16.5. The number of nitrogens with one attached hydrogen (secondary N) is 2. The van der Waals surface area contributed by atoms with E-state index in [9.17, 15) is 4.79 Å². The van der Waals surface area contributed by atoms with Crippen LogP contribution in [0.4, 0.5) is 23.0 Å². The van der Waals surface area contributed by atoms with Gasteiger partial charge in [0.2, 0.25) is 0 Å². The summed E-state index contributed by atoms with van der Waals surface area (Å²) in [6.45, 7) is 0. The quantitative estimate of drug-likeness (QED) is 0.697. The monoisotopic (exact) mass is 363 g/mol. The molecule has 1 aromatic heterocycles. The zero-order valence-electron chi connectivity index (χ0n) is 15.4. The highest BCUT2D eigenvalue weighted by Gasteiger charge is 2.08. The molecule has 2 N–H and O–H groups in total. The lowest BCUT2D eigenvalue weighted by molar-refractivity contribution is 0.102. The summed E-state index contributed by atoms with van der Waals surface area (Å²) in [6.07, 6.45) is 0. The molecule has 3 rings (SSSR count). The summed E-state index contributed by atoms with van der Waals surface area (Å²) >= 11 is 0. The summed E-state index contributed by atoms with van der Waals surface area (Å²) < 4.78 is 5.13. The van der Waals surface area contributed by atoms with Crippen LogP contribution in [0.1, 0.15) is 10.4 Å². The standard InChI is InChI=1S/C20H21N5O2/c1-25(2)16-9-7-15(8-10-16)21-18-11-12-19(24-23-18)22-20(26)14-5-4-6-17(13-14)27-3/h4-13H,1-3H3,(H,21,23)(H,22,24,26). The van der Waals surface area contributed by atoms with Crippen molar-refractivity contribution in [2.75, 3.05) is 36.7 Å². The van der Waals surface area contributed by atoms with Crippen molar-refractivity contribution < 1.29 is 9.53 Å². The number of carbonyl (C=O) groups is 1. The zero-order chi connectivity index (χ0) is 19.2. The van der Waals surface area contributed by atoms with Gasteiger partial charge in [-0.05, 0) is 54.6 Å². The molecule has 0 unspecified atom stereocenters. The van der Waals surface area contributed by atoms with Crippen molar-refractivity contribution in [3.8, 4) is 5.75 Å². The van der Waals surface area contributed by atoms with Crippen LogP contribution in [-0.4, -0.2) is 37.3 Å². The fraction of sp³-hybridized carbons (Fsp3) is 0.150. The molecule has 0 radical (unpaired) electrons. The predicted octanol–water partition coefficient (Wildman–Crippen LogP) is 3.55. The van der Waals surface area contributed by atoms with Gasteiger partial charge in [-0.25, -0.2) is 0 Å². The maximum Gasteiger partial charge on any atom is 0.256 e. The number of aromatic nitrogens is 2. The van der Waals surface area contributed by atoms with Crippen molar-refractivity contribution in [2.24, 2.45) is 0 Å². The number of amides is 1. The number of ether oxygens (including phenoxy) is 1. The Morgan fingerprint density at radius 3 is 2.30 bits per heavy atom. The molecular weight excluding hydrogens is 342 g/mol. The molecule has 3 aromatic rings. The Morgan fingerprint density at radius 1 is 0.963 bits per heavy atom. The van der Waals surface area contributed by atoms with Gasteiger partial charge in [0.05, 0.1) is 7.11 Å². The van der Waals surface area contributed by atoms with Crippen molar-refractivity contribution in [1.29, 1.82) is 0 Å². The molecule has 0 bridgehead atoms. The van der Waals surface area contributed by atoms with Crippen LogP contribution in [0.15, 0.2) is 60.7 Å². The van der Waals surface area contributed by atoms with Gasteiger partial charge in [-0.1, -0.05) is 6.07 Å². The molecule has 7 heteroatoms. The third kappa shape index (κ3) is 4.72. The van der Waals surface area contributed by atoms with E-state index in [1.54, 1.807) is 43.5 Å². The van der Waals surface area contributed by atoms with E-state index in [1.807, 2.05) is 43.3 Å². The van der Waals surface area contributed by atoms with Gasteiger partial charge in [0.1, 0.15) is 5.75 Å². The zero-order valence-corrected chi connectivity index (χ0v) is 15.4. The lowest BCUT2D eigenvalue weighted by Crippen LogP contribution is -2.13. The van der Waals surface area contributed by atoms with Crippen LogP contribution < -0.4 is 20.3 Å². The first-order chi connectivity index (χ1) is 13.0. The first-order valence-corrected chi connectivity index (χ1v) is 8.39. The fourth-order valence-electron chi connectivity index (χ4n) is 2.41. The van der Waals surface area contributed by atoms with Gasteiger partial charge in [0.15, 0.2) is 11.6 Å². The summed E-state index contributed by atoms with van der Waals surface area (Å²) in [4.78, 5) is 14.3. The molecular formula is C20H21N5O2. The van der Waals surface area contributed by atoms with Crippen LogP contribution >= 0.6 is 0 Å². The lowest BCUT2D eigenvalue weighted by atomic mass is 10.2. The molecule has 27 heavy (non-hydrogen) atoms. The van der Waals surface area contributed by atoms with Crippen molar-refractivity contribution in [1.82, 2.24) is 10.2 Å². The van der Waals surface area contributed by atoms with Gasteiger partial charge in [-0.15, -0.1) is 10.2 Å². The molecule has 0 aliphatic heterocycles. The molecule has 0 aliphatic carbocycles. The number of rotatable bonds is 6. The highest BCUT2D eigenvalue weighted by molar-refractivity contribution is 6.04. The largest absolute Gasteiger partial charge is 0.497 e. The van der Waals surface area contributed by atoms with E-state index in [-0.39, 0.29) is 5.91 Å². The first kappa shape index (κ1) is 18.2. The van der Waals surface area contributed by atoms with Gasteiger partial charge < -0.3 is 20.3 Å². The summed E-state index contributed by atoms with van der Waals surface area (Å²) in [5, 5.41) is 14.0. The highest BCUT2D eigenvalue weighted by Crippen LogP contribution is 2.19. The molecule has 0 aliphatic rings. The van der Waals surface area contributed by atoms with Crippen LogP contribution in [0.3, 0.4) is 0 Å². The summed E-state index contributed by atoms with van der Waals surface area (Å²) in [7, 11) is 5.54. The Hall–Kier alpha value is -3.61. The minimum atomic E-state index is -0.275. The molecule has 2 aromatic carbocycles. The molecule has 0 saturated heterocycles. The van der Waals surface area contributed by atoms with Gasteiger partial charge in [-0.3, -0.25) is 4.79 Å². The van der Waals surface area contributed by atoms with Gasteiger partial charge in [-0.2, -0.15) is 0 Å². The van der Waals surface area contributed by atoms with Crippen molar-refractivity contribution in [3.05, 3.63) is 66.2 Å². The second-order valence-corrected chi connectivity index (χ2v) is 6.06. The third-order valence-electron chi connectivity index (χ3n) is 3.89. The van der Waals surface area contributed by atoms with E-state index in [1.165, 1.54) is 0 Å². The number of hydrogen-bond donors (Lipinski definition) is 2. The molecule has 0 saturated carbocycles. The smallest absolute Gasteiger partial charge is 0.256 e. The summed E-state index contributed by atoms with van der Waals surface area (Å²) in [5.41, 5.74) is 2.50. The minimum absolute atomic E-state index is 0.275. The number of anilines is 4. The Bertz CT molecular complexity index is 908. The number of benzene rings is 2. The second-order valence-electron chi connectivity index (χ2n) is 6.06. The number of carbonyl (C=O) groups excluding carboxylic acids is 1. The minimum Gasteiger partial charge on any atom is -0.497 e. The Labute approximate surface area is 158 Å². The van der Waals surface area contributed by atoms with Crippen molar-refractivity contribution in [3.63, 3.8) is 0 Å². The van der Waals surface area contributed by atoms with Crippen molar-refractivity contribution in [2.45, 2.75) is 0 Å². The Balaban J connectivity index is 1.63. The van der Waals surface area contributed by atoms with Crippen LogP contribution in [0.2, 0.25) is 0 Å². The normalized spacial score (nSPS) is 10.2. The van der Waals surface area contributed by atoms with Crippen LogP contribution in [0.5, 0.6) is 5.75 Å². The summed E-state index contributed by atoms with van der Waals surface area (Å²) in [6, 6.07) is 18.3. The molecule has 0 spiro atoms. The van der Waals surface area contributed by atoms with E-state index >= 15 is 0 Å². The number of methoxy groups -OCH3 is 1. The maximum absolute atomic E-state index is 12.3. The van der Waals surface area contributed by atoms with Crippen LogP contribution in [0.25, 0.3) is 0 Å². The number of hydrogen-bond acceptors (Lipinski definition) is 6.